The van der Waals surface area contributed by atoms with Gasteiger partial charge in [-0.25, -0.2) is 0 Å². The van der Waals surface area contributed by atoms with Crippen LogP contribution in [-0.4, -0.2) is 0 Å². The Morgan fingerprint density at radius 1 is 1.08 bits per heavy atom. The van der Waals surface area contributed by atoms with Crippen molar-refractivity contribution in [1.29, 1.82) is 0 Å². The lowest BCUT2D eigenvalue weighted by Gasteiger charge is -1.98. The zero-order valence-corrected chi connectivity index (χ0v) is 9.06. The first kappa shape index (κ1) is 10.3. The van der Waals surface area contributed by atoms with Crippen LogP contribution < -0.4 is 0 Å². The van der Waals surface area contributed by atoms with Gasteiger partial charge in [-0.1, -0.05) is 44.0 Å². The van der Waals surface area contributed by atoms with E-state index in [1.807, 2.05) is 0 Å². The molecule has 0 saturated carbocycles. The zero-order valence-electron chi connectivity index (χ0n) is 9.06. The number of benzene rings is 1. The summed E-state index contributed by atoms with van der Waals surface area (Å²) in [6.07, 6.45) is 5.21. The molecule has 1 aromatic rings. The first-order chi connectivity index (χ1) is 6.27. The summed E-state index contributed by atoms with van der Waals surface area (Å²) >= 11 is 0. The SMILES string of the molecule is CCC.Cc1ccc2c(c1)CCC2. The van der Waals surface area contributed by atoms with E-state index in [0.29, 0.717) is 0 Å². The van der Waals surface area contributed by atoms with Crippen LogP contribution in [0.4, 0.5) is 0 Å². The smallest absolute Gasteiger partial charge is 0.0273 e. The molecule has 0 unspecified atom stereocenters. The van der Waals surface area contributed by atoms with Gasteiger partial charge in [-0.15, -0.1) is 0 Å². The van der Waals surface area contributed by atoms with Crippen molar-refractivity contribution in [3.8, 4) is 0 Å². The Morgan fingerprint density at radius 3 is 2.38 bits per heavy atom. The maximum absolute atomic E-state index is 2.32. The van der Waals surface area contributed by atoms with Crippen molar-refractivity contribution in [3.05, 3.63) is 34.9 Å². The van der Waals surface area contributed by atoms with E-state index >= 15 is 0 Å². The zero-order chi connectivity index (χ0) is 9.68. The van der Waals surface area contributed by atoms with E-state index in [-0.39, 0.29) is 0 Å². The summed E-state index contributed by atoms with van der Waals surface area (Å²) in [4.78, 5) is 0. The molecule has 0 saturated heterocycles. The average Bonchev–Trinajstić information content (AvgIpc) is 2.52. The van der Waals surface area contributed by atoms with E-state index < -0.39 is 0 Å². The third-order valence-electron chi connectivity index (χ3n) is 2.25. The maximum atomic E-state index is 2.32. The molecule has 1 aliphatic carbocycles. The molecular formula is C13H20. The lowest BCUT2D eigenvalue weighted by atomic mass is 10.1. The summed E-state index contributed by atoms with van der Waals surface area (Å²) < 4.78 is 0. The van der Waals surface area contributed by atoms with Gasteiger partial charge in [0, 0.05) is 0 Å². The summed E-state index contributed by atoms with van der Waals surface area (Å²) in [5, 5.41) is 0. The molecule has 72 valence electrons. The van der Waals surface area contributed by atoms with Crippen molar-refractivity contribution in [2.75, 3.05) is 0 Å². The topological polar surface area (TPSA) is 0 Å². The minimum absolute atomic E-state index is 1.25. The molecule has 0 aliphatic heterocycles. The minimum atomic E-state index is 1.25. The highest BCUT2D eigenvalue weighted by atomic mass is 14.1. The van der Waals surface area contributed by atoms with Crippen LogP contribution in [0.3, 0.4) is 0 Å². The normalized spacial score (nSPS) is 13.2. The van der Waals surface area contributed by atoms with Gasteiger partial charge in [0.2, 0.25) is 0 Å². The summed E-state index contributed by atoms with van der Waals surface area (Å²) in [6.45, 7) is 6.42. The molecule has 0 radical (unpaired) electrons. The average molecular weight is 176 g/mol. The molecule has 0 nitrogen and oxygen atoms in total. The molecule has 0 spiro atoms. The molecule has 0 heteroatoms. The summed E-state index contributed by atoms with van der Waals surface area (Å²) in [6, 6.07) is 6.81. The number of fused-ring (bicyclic) bond motifs is 1. The molecule has 13 heavy (non-hydrogen) atoms. The second-order valence-corrected chi connectivity index (χ2v) is 3.83. The third-order valence-corrected chi connectivity index (χ3v) is 2.25. The second kappa shape index (κ2) is 5.06. The lowest BCUT2D eigenvalue weighted by Crippen LogP contribution is -1.81. The molecule has 1 aliphatic rings. The van der Waals surface area contributed by atoms with Crippen LogP contribution in [0.25, 0.3) is 0 Å². The highest BCUT2D eigenvalue weighted by Gasteiger charge is 2.08. The van der Waals surface area contributed by atoms with Gasteiger partial charge >= 0.3 is 0 Å². The summed E-state index contributed by atoms with van der Waals surface area (Å²) in [5.74, 6) is 0. The van der Waals surface area contributed by atoms with E-state index in [1.54, 1.807) is 11.1 Å². The van der Waals surface area contributed by atoms with Crippen LogP contribution in [0.15, 0.2) is 18.2 Å². The van der Waals surface area contributed by atoms with E-state index in [1.165, 1.54) is 31.2 Å². The predicted molar refractivity (Wildman–Crippen MR) is 59.2 cm³/mol. The Bertz CT molecular complexity index is 261. The first-order valence-electron chi connectivity index (χ1n) is 5.36. The Morgan fingerprint density at radius 2 is 1.69 bits per heavy atom. The van der Waals surface area contributed by atoms with Crippen molar-refractivity contribution >= 4 is 0 Å². The largest absolute Gasteiger partial charge is 0.0656 e. The fourth-order valence-corrected chi connectivity index (χ4v) is 1.70. The molecule has 0 aromatic heterocycles. The molecule has 2 rings (SSSR count). The van der Waals surface area contributed by atoms with E-state index in [0.717, 1.165) is 0 Å². The fourth-order valence-electron chi connectivity index (χ4n) is 1.70. The molecule has 0 heterocycles. The van der Waals surface area contributed by atoms with Crippen molar-refractivity contribution in [2.24, 2.45) is 0 Å². The van der Waals surface area contributed by atoms with Crippen LogP contribution in [0, 0.1) is 6.92 Å². The Labute approximate surface area is 82.0 Å². The van der Waals surface area contributed by atoms with Crippen LogP contribution in [0.2, 0.25) is 0 Å². The number of aryl methyl sites for hydroxylation is 3. The van der Waals surface area contributed by atoms with Crippen LogP contribution >= 0.6 is 0 Å². The van der Waals surface area contributed by atoms with E-state index in [2.05, 4.69) is 39.0 Å². The van der Waals surface area contributed by atoms with Gasteiger partial charge in [-0.2, -0.15) is 0 Å². The summed E-state index contributed by atoms with van der Waals surface area (Å²) in [7, 11) is 0. The molecule has 0 fully saturated rings. The number of rotatable bonds is 0. The standard InChI is InChI=1S/C10H12.C3H8/c1-8-5-6-9-3-2-4-10(9)7-8;1-3-2/h5-7H,2-4H2,1H3;3H2,1-2H3. The van der Waals surface area contributed by atoms with Crippen molar-refractivity contribution in [2.45, 2.75) is 46.5 Å². The molecule has 1 aromatic carbocycles. The van der Waals surface area contributed by atoms with Gasteiger partial charge in [-0.3, -0.25) is 0 Å². The van der Waals surface area contributed by atoms with Crippen LogP contribution in [-0.2, 0) is 12.8 Å². The van der Waals surface area contributed by atoms with Gasteiger partial charge < -0.3 is 0 Å². The van der Waals surface area contributed by atoms with Crippen molar-refractivity contribution in [3.63, 3.8) is 0 Å². The maximum Gasteiger partial charge on any atom is -0.0273 e. The Hall–Kier alpha value is -0.780. The Balaban J connectivity index is 0.000000251. The number of hydrogen-bond donors (Lipinski definition) is 0. The third kappa shape index (κ3) is 2.87. The lowest BCUT2D eigenvalue weighted by molar-refractivity contribution is 0.911. The second-order valence-electron chi connectivity index (χ2n) is 3.83. The fraction of sp³-hybridized carbons (Fsp3) is 0.538. The molecular weight excluding hydrogens is 156 g/mol. The van der Waals surface area contributed by atoms with Crippen LogP contribution in [0.1, 0.15) is 43.4 Å². The highest BCUT2D eigenvalue weighted by molar-refractivity contribution is 5.34. The molecule has 0 N–H and O–H groups in total. The van der Waals surface area contributed by atoms with Gasteiger partial charge in [0.15, 0.2) is 0 Å². The molecule has 0 bridgehead atoms. The van der Waals surface area contributed by atoms with E-state index in [9.17, 15) is 0 Å². The molecule has 0 amide bonds. The monoisotopic (exact) mass is 176 g/mol. The summed E-state index contributed by atoms with van der Waals surface area (Å²) in [5.41, 5.74) is 4.56. The first-order valence-corrected chi connectivity index (χ1v) is 5.36. The number of hydrogen-bond acceptors (Lipinski definition) is 0. The van der Waals surface area contributed by atoms with Crippen molar-refractivity contribution < 1.29 is 0 Å². The van der Waals surface area contributed by atoms with Crippen LogP contribution in [0.5, 0.6) is 0 Å². The molecule has 0 atom stereocenters. The predicted octanol–water partition coefficient (Wildman–Crippen LogP) is 3.90. The van der Waals surface area contributed by atoms with E-state index in [4.69, 9.17) is 0 Å². The Kier molecular flexibility index (Phi) is 4.01. The van der Waals surface area contributed by atoms with Crippen molar-refractivity contribution in [1.82, 2.24) is 0 Å². The minimum Gasteiger partial charge on any atom is -0.0656 e. The quantitative estimate of drug-likeness (QED) is 0.562. The van der Waals surface area contributed by atoms with Gasteiger partial charge in [0.05, 0.1) is 0 Å². The van der Waals surface area contributed by atoms with Gasteiger partial charge in [-0.05, 0) is 37.3 Å². The van der Waals surface area contributed by atoms with Gasteiger partial charge in [0.1, 0.15) is 0 Å². The van der Waals surface area contributed by atoms with Gasteiger partial charge in [0.25, 0.3) is 0 Å². The highest BCUT2D eigenvalue weighted by Crippen LogP contribution is 2.22.